The summed E-state index contributed by atoms with van der Waals surface area (Å²) in [7, 11) is 0. The second-order valence-corrected chi connectivity index (χ2v) is 7.38. The van der Waals surface area contributed by atoms with E-state index in [1.54, 1.807) is 10.3 Å². The number of ether oxygens (including phenoxy) is 1. The monoisotopic (exact) mass is 396 g/mol. The van der Waals surface area contributed by atoms with Crippen molar-refractivity contribution in [2.75, 3.05) is 6.54 Å². The zero-order chi connectivity index (χ0) is 19.9. The fourth-order valence-corrected chi connectivity index (χ4v) is 3.59. The first kappa shape index (κ1) is 19.9. The van der Waals surface area contributed by atoms with Crippen LogP contribution in [0.1, 0.15) is 23.7 Å². The molecule has 0 aliphatic carbocycles. The summed E-state index contributed by atoms with van der Waals surface area (Å²) in [6.45, 7) is 5.48. The minimum absolute atomic E-state index is 0.0597. The second-order valence-electron chi connectivity index (χ2n) is 6.56. The number of likely N-dealkylation sites (N-methyl/N-ethyl adjacent to an activating group) is 1. The van der Waals surface area contributed by atoms with E-state index in [0.29, 0.717) is 19.7 Å². The van der Waals surface area contributed by atoms with Crippen molar-refractivity contribution in [2.45, 2.75) is 33.5 Å². The number of benzene rings is 2. The number of hydrogen-bond donors (Lipinski definition) is 0. The molecule has 28 heavy (non-hydrogen) atoms. The van der Waals surface area contributed by atoms with E-state index < -0.39 is 0 Å². The van der Waals surface area contributed by atoms with Gasteiger partial charge in [0.05, 0.1) is 0 Å². The SMILES string of the molecule is CCN(Cc1ccc(OCc2ccccc2)cc1)C(=O)Cn1c(C)csc1=O. The normalized spacial score (nSPS) is 10.6. The lowest BCUT2D eigenvalue weighted by atomic mass is 10.2. The van der Waals surface area contributed by atoms with Crippen molar-refractivity contribution in [3.63, 3.8) is 0 Å². The number of aromatic nitrogens is 1. The Bertz CT molecular complexity index is 961. The van der Waals surface area contributed by atoms with E-state index in [4.69, 9.17) is 4.74 Å². The van der Waals surface area contributed by atoms with Gasteiger partial charge in [-0.2, -0.15) is 0 Å². The summed E-state index contributed by atoms with van der Waals surface area (Å²) >= 11 is 1.12. The molecule has 146 valence electrons. The molecule has 3 aromatic rings. The van der Waals surface area contributed by atoms with Crippen LogP contribution in [0, 0.1) is 6.92 Å². The summed E-state index contributed by atoms with van der Waals surface area (Å²) in [5.41, 5.74) is 2.96. The first-order valence-corrected chi connectivity index (χ1v) is 10.1. The zero-order valence-corrected chi connectivity index (χ0v) is 16.9. The molecule has 0 atom stereocenters. The molecule has 1 aromatic heterocycles. The fraction of sp³-hybridized carbons (Fsp3) is 0.273. The summed E-state index contributed by atoms with van der Waals surface area (Å²) in [6, 6.07) is 17.8. The van der Waals surface area contributed by atoms with Crippen LogP contribution >= 0.6 is 11.3 Å². The first-order valence-electron chi connectivity index (χ1n) is 9.25. The lowest BCUT2D eigenvalue weighted by Crippen LogP contribution is -2.35. The van der Waals surface area contributed by atoms with Crippen LogP contribution in [-0.2, 0) is 24.5 Å². The van der Waals surface area contributed by atoms with Gasteiger partial charge >= 0.3 is 4.87 Å². The van der Waals surface area contributed by atoms with Crippen LogP contribution in [0.2, 0.25) is 0 Å². The molecule has 6 heteroatoms. The summed E-state index contributed by atoms with van der Waals surface area (Å²) in [6.07, 6.45) is 0. The van der Waals surface area contributed by atoms with Gasteiger partial charge in [0.2, 0.25) is 5.91 Å². The molecule has 0 aliphatic rings. The van der Waals surface area contributed by atoms with Crippen LogP contribution in [0.15, 0.2) is 64.8 Å². The summed E-state index contributed by atoms with van der Waals surface area (Å²) in [5, 5.41) is 1.78. The van der Waals surface area contributed by atoms with Crippen molar-refractivity contribution in [3.8, 4) is 5.75 Å². The van der Waals surface area contributed by atoms with Gasteiger partial charge in [0.15, 0.2) is 0 Å². The van der Waals surface area contributed by atoms with Crippen molar-refractivity contribution in [2.24, 2.45) is 0 Å². The molecule has 0 aliphatic heterocycles. The molecule has 0 radical (unpaired) electrons. The standard InChI is InChI=1S/C22H24N2O3S/c1-3-23(21(25)14-24-17(2)16-28-22(24)26)13-18-9-11-20(12-10-18)27-15-19-7-5-4-6-8-19/h4-12,16H,3,13-15H2,1-2H3. The Morgan fingerprint density at radius 3 is 2.39 bits per heavy atom. The van der Waals surface area contributed by atoms with Crippen molar-refractivity contribution in [1.82, 2.24) is 9.47 Å². The van der Waals surface area contributed by atoms with Crippen molar-refractivity contribution >= 4 is 17.2 Å². The summed E-state index contributed by atoms with van der Waals surface area (Å²) in [5.74, 6) is 0.734. The highest BCUT2D eigenvalue weighted by molar-refractivity contribution is 7.07. The second kappa shape index (κ2) is 9.37. The molecule has 2 aromatic carbocycles. The van der Waals surface area contributed by atoms with Crippen LogP contribution in [0.3, 0.4) is 0 Å². The van der Waals surface area contributed by atoms with E-state index in [-0.39, 0.29) is 17.3 Å². The van der Waals surface area contributed by atoms with Crippen LogP contribution in [0.4, 0.5) is 0 Å². The topological polar surface area (TPSA) is 51.5 Å². The Hall–Kier alpha value is -2.86. The molecule has 0 fully saturated rings. The van der Waals surface area contributed by atoms with E-state index in [9.17, 15) is 9.59 Å². The summed E-state index contributed by atoms with van der Waals surface area (Å²) in [4.78, 5) is 26.1. The third-order valence-corrected chi connectivity index (χ3v) is 5.43. The van der Waals surface area contributed by atoms with E-state index in [1.807, 2.05) is 68.4 Å². The zero-order valence-electron chi connectivity index (χ0n) is 16.1. The Morgan fingerprint density at radius 2 is 1.79 bits per heavy atom. The molecule has 0 bridgehead atoms. The highest BCUT2D eigenvalue weighted by Gasteiger charge is 2.15. The van der Waals surface area contributed by atoms with Crippen LogP contribution in [0.5, 0.6) is 5.75 Å². The lowest BCUT2D eigenvalue weighted by molar-refractivity contribution is -0.132. The van der Waals surface area contributed by atoms with E-state index in [0.717, 1.165) is 33.9 Å². The maximum Gasteiger partial charge on any atom is 0.307 e. The molecule has 1 amide bonds. The molecule has 0 N–H and O–H groups in total. The number of hydrogen-bond acceptors (Lipinski definition) is 4. The largest absolute Gasteiger partial charge is 0.489 e. The van der Waals surface area contributed by atoms with Crippen molar-refractivity contribution in [3.05, 3.63) is 86.5 Å². The highest BCUT2D eigenvalue weighted by atomic mass is 32.1. The molecule has 0 saturated carbocycles. The average Bonchev–Trinajstić information content (AvgIpc) is 3.04. The Morgan fingerprint density at radius 1 is 1.07 bits per heavy atom. The van der Waals surface area contributed by atoms with Gasteiger partial charge in [0, 0.05) is 24.2 Å². The average molecular weight is 397 g/mol. The molecular formula is C22H24N2O3S. The van der Waals surface area contributed by atoms with Crippen LogP contribution in [-0.4, -0.2) is 21.9 Å². The fourth-order valence-electron chi connectivity index (χ4n) is 2.86. The Balaban J connectivity index is 1.58. The summed E-state index contributed by atoms with van der Waals surface area (Å²) < 4.78 is 7.33. The van der Waals surface area contributed by atoms with Gasteiger partial charge < -0.3 is 9.64 Å². The number of rotatable bonds is 8. The predicted molar refractivity (Wildman–Crippen MR) is 112 cm³/mol. The van der Waals surface area contributed by atoms with Crippen molar-refractivity contribution < 1.29 is 9.53 Å². The van der Waals surface area contributed by atoms with Gasteiger partial charge in [-0.1, -0.05) is 53.8 Å². The smallest absolute Gasteiger partial charge is 0.307 e. The Labute approximate surface area is 168 Å². The maximum absolute atomic E-state index is 12.6. The highest BCUT2D eigenvalue weighted by Crippen LogP contribution is 2.16. The number of aryl methyl sites for hydroxylation is 1. The van der Waals surface area contributed by atoms with Gasteiger partial charge in [0.25, 0.3) is 0 Å². The lowest BCUT2D eigenvalue weighted by Gasteiger charge is -2.21. The quantitative estimate of drug-likeness (QED) is 0.581. The van der Waals surface area contributed by atoms with Gasteiger partial charge in [-0.15, -0.1) is 0 Å². The maximum atomic E-state index is 12.6. The molecule has 0 saturated heterocycles. The number of thiazole rings is 1. The van der Waals surface area contributed by atoms with Gasteiger partial charge in [-0.25, -0.2) is 0 Å². The van der Waals surface area contributed by atoms with Gasteiger partial charge in [-0.05, 0) is 37.1 Å². The van der Waals surface area contributed by atoms with E-state index in [1.165, 1.54) is 4.57 Å². The van der Waals surface area contributed by atoms with E-state index >= 15 is 0 Å². The van der Waals surface area contributed by atoms with Crippen molar-refractivity contribution in [1.29, 1.82) is 0 Å². The minimum atomic E-state index is -0.0955. The number of amides is 1. The molecule has 3 rings (SSSR count). The third-order valence-electron chi connectivity index (χ3n) is 4.55. The van der Waals surface area contributed by atoms with Crippen LogP contribution in [0.25, 0.3) is 0 Å². The molecule has 0 unspecified atom stereocenters. The number of carbonyl (C=O) groups is 1. The predicted octanol–water partition coefficient (Wildman–Crippen LogP) is 3.85. The molecular weight excluding hydrogens is 372 g/mol. The molecule has 5 nitrogen and oxygen atoms in total. The molecule has 0 spiro atoms. The number of nitrogens with zero attached hydrogens (tertiary/aromatic N) is 2. The third kappa shape index (κ3) is 5.10. The molecule has 1 heterocycles. The first-order chi connectivity index (χ1) is 13.6. The van der Waals surface area contributed by atoms with E-state index in [2.05, 4.69) is 0 Å². The Kier molecular flexibility index (Phi) is 6.66. The van der Waals surface area contributed by atoms with Crippen LogP contribution < -0.4 is 9.61 Å². The minimum Gasteiger partial charge on any atom is -0.489 e. The van der Waals surface area contributed by atoms with Gasteiger partial charge in [0.1, 0.15) is 18.9 Å². The van der Waals surface area contributed by atoms with Gasteiger partial charge in [-0.3, -0.25) is 14.2 Å². The number of carbonyl (C=O) groups excluding carboxylic acids is 1.